The largest absolute Gasteiger partial charge is 0.231 e. The summed E-state index contributed by atoms with van der Waals surface area (Å²) in [6, 6.07) is 14.9. The predicted molar refractivity (Wildman–Crippen MR) is 98.1 cm³/mol. The quantitative estimate of drug-likeness (QED) is 0.573. The van der Waals surface area contributed by atoms with Gasteiger partial charge in [0.1, 0.15) is 0 Å². The lowest BCUT2D eigenvalue weighted by atomic mass is 10.1. The maximum Gasteiger partial charge on any atom is 0.0840 e. The molecule has 0 aliphatic rings. The summed E-state index contributed by atoms with van der Waals surface area (Å²) in [7, 11) is 0. The molecule has 0 amide bonds. The van der Waals surface area contributed by atoms with Crippen LogP contribution in [0.4, 0.5) is 0 Å². The molecule has 1 heterocycles. The molecule has 0 atom stereocenters. The van der Waals surface area contributed by atoms with Crippen LogP contribution in [0, 0.1) is 18.3 Å². The summed E-state index contributed by atoms with van der Waals surface area (Å²) in [5, 5.41) is 15.3. The fourth-order valence-electron chi connectivity index (χ4n) is 2.56. The van der Waals surface area contributed by atoms with Gasteiger partial charge >= 0.3 is 0 Å². The SMILES string of the molecule is Cc1c(CC#N)nn(-c2ccc(Cl)cc2Cl)c1-c1ccc(Cl)cc1. The Kier molecular flexibility index (Phi) is 4.82. The highest BCUT2D eigenvalue weighted by atomic mass is 35.5. The van der Waals surface area contributed by atoms with E-state index in [9.17, 15) is 0 Å². The zero-order chi connectivity index (χ0) is 17.3. The van der Waals surface area contributed by atoms with E-state index in [1.54, 1.807) is 16.8 Å². The normalized spacial score (nSPS) is 10.6. The summed E-state index contributed by atoms with van der Waals surface area (Å²) in [6.07, 6.45) is 0.227. The smallest absolute Gasteiger partial charge is 0.0840 e. The number of benzene rings is 2. The van der Waals surface area contributed by atoms with E-state index in [-0.39, 0.29) is 6.42 Å². The van der Waals surface area contributed by atoms with Crippen LogP contribution in [-0.2, 0) is 6.42 Å². The second-order valence-corrected chi connectivity index (χ2v) is 6.55. The van der Waals surface area contributed by atoms with Crippen LogP contribution in [0.15, 0.2) is 42.5 Å². The highest BCUT2D eigenvalue weighted by Gasteiger charge is 2.18. The monoisotopic (exact) mass is 375 g/mol. The summed E-state index contributed by atoms with van der Waals surface area (Å²) in [6.45, 7) is 1.95. The summed E-state index contributed by atoms with van der Waals surface area (Å²) < 4.78 is 1.75. The Labute approximate surface area is 155 Å². The summed E-state index contributed by atoms with van der Waals surface area (Å²) in [5.74, 6) is 0. The first-order valence-electron chi connectivity index (χ1n) is 7.18. The van der Waals surface area contributed by atoms with E-state index in [4.69, 9.17) is 40.1 Å². The number of hydrogen-bond donors (Lipinski definition) is 0. The Morgan fingerprint density at radius 2 is 1.71 bits per heavy atom. The molecule has 0 bridgehead atoms. The molecule has 0 saturated carbocycles. The second-order valence-electron chi connectivity index (χ2n) is 5.27. The lowest BCUT2D eigenvalue weighted by Crippen LogP contribution is -2.01. The van der Waals surface area contributed by atoms with Crippen LogP contribution in [0.1, 0.15) is 11.3 Å². The molecule has 0 fully saturated rings. The fraction of sp³-hybridized carbons (Fsp3) is 0.111. The summed E-state index contributed by atoms with van der Waals surface area (Å²) in [4.78, 5) is 0. The molecule has 120 valence electrons. The minimum absolute atomic E-state index is 0.227. The van der Waals surface area contributed by atoms with E-state index in [0.717, 1.165) is 16.8 Å². The number of halogens is 3. The van der Waals surface area contributed by atoms with Crippen LogP contribution in [0.25, 0.3) is 16.9 Å². The average molecular weight is 377 g/mol. The van der Waals surface area contributed by atoms with Gasteiger partial charge in [-0.25, -0.2) is 4.68 Å². The molecule has 0 N–H and O–H groups in total. The van der Waals surface area contributed by atoms with Crippen molar-refractivity contribution in [2.75, 3.05) is 0 Å². The molecular formula is C18H12Cl3N3. The lowest BCUT2D eigenvalue weighted by molar-refractivity contribution is 0.859. The van der Waals surface area contributed by atoms with Gasteiger partial charge in [-0.2, -0.15) is 10.4 Å². The minimum Gasteiger partial charge on any atom is -0.231 e. The van der Waals surface area contributed by atoms with Crippen molar-refractivity contribution in [3.05, 3.63) is 68.8 Å². The molecule has 0 radical (unpaired) electrons. The van der Waals surface area contributed by atoms with E-state index in [1.165, 1.54) is 0 Å². The van der Waals surface area contributed by atoms with E-state index in [0.29, 0.717) is 26.4 Å². The van der Waals surface area contributed by atoms with Crippen LogP contribution in [0.5, 0.6) is 0 Å². The summed E-state index contributed by atoms with van der Waals surface area (Å²) >= 11 is 18.3. The van der Waals surface area contributed by atoms with Crippen molar-refractivity contribution in [3.63, 3.8) is 0 Å². The van der Waals surface area contributed by atoms with Crippen LogP contribution in [0.2, 0.25) is 15.1 Å². The lowest BCUT2D eigenvalue weighted by Gasteiger charge is -2.11. The molecule has 2 aromatic carbocycles. The van der Waals surface area contributed by atoms with Gasteiger partial charge in [0.25, 0.3) is 0 Å². The first-order valence-corrected chi connectivity index (χ1v) is 8.31. The zero-order valence-electron chi connectivity index (χ0n) is 12.7. The van der Waals surface area contributed by atoms with Gasteiger partial charge in [-0.3, -0.25) is 0 Å². The predicted octanol–water partition coefficient (Wildman–Crippen LogP) is 5.87. The van der Waals surface area contributed by atoms with Crippen LogP contribution < -0.4 is 0 Å². The maximum absolute atomic E-state index is 9.05. The van der Waals surface area contributed by atoms with Crippen molar-refractivity contribution in [2.45, 2.75) is 13.3 Å². The molecule has 0 unspecified atom stereocenters. The molecule has 3 nitrogen and oxygen atoms in total. The third-order valence-corrected chi connectivity index (χ3v) is 4.51. The molecule has 1 aromatic heterocycles. The summed E-state index contributed by atoms with van der Waals surface area (Å²) in [5.41, 5.74) is 4.18. The van der Waals surface area contributed by atoms with E-state index in [2.05, 4.69) is 11.2 Å². The van der Waals surface area contributed by atoms with Crippen molar-refractivity contribution >= 4 is 34.8 Å². The van der Waals surface area contributed by atoms with Crippen LogP contribution in [-0.4, -0.2) is 9.78 Å². The Morgan fingerprint density at radius 1 is 1.04 bits per heavy atom. The Hall–Kier alpha value is -1.99. The molecular weight excluding hydrogens is 365 g/mol. The number of nitriles is 1. The van der Waals surface area contributed by atoms with Gasteiger partial charge in [0.05, 0.1) is 34.6 Å². The van der Waals surface area contributed by atoms with Gasteiger partial charge in [0.15, 0.2) is 0 Å². The first-order chi connectivity index (χ1) is 11.5. The third-order valence-electron chi connectivity index (χ3n) is 3.72. The third kappa shape index (κ3) is 3.14. The molecule has 0 spiro atoms. The van der Waals surface area contributed by atoms with Crippen molar-refractivity contribution < 1.29 is 0 Å². The molecule has 0 saturated heterocycles. The first kappa shape index (κ1) is 16.9. The van der Waals surface area contributed by atoms with Crippen molar-refractivity contribution in [1.82, 2.24) is 9.78 Å². The van der Waals surface area contributed by atoms with E-state index in [1.807, 2.05) is 37.3 Å². The number of rotatable bonds is 3. The van der Waals surface area contributed by atoms with Gasteiger partial charge in [0, 0.05) is 15.6 Å². The molecule has 24 heavy (non-hydrogen) atoms. The molecule has 3 rings (SSSR count). The van der Waals surface area contributed by atoms with Gasteiger partial charge < -0.3 is 0 Å². The van der Waals surface area contributed by atoms with E-state index < -0.39 is 0 Å². The maximum atomic E-state index is 9.05. The Balaban J connectivity index is 2.26. The standard InChI is InChI=1S/C18H12Cl3N3/c1-11-16(8-9-22)23-24(17-7-6-14(20)10-15(17)21)18(11)12-2-4-13(19)5-3-12/h2-7,10H,8H2,1H3. The Morgan fingerprint density at radius 3 is 2.33 bits per heavy atom. The topological polar surface area (TPSA) is 41.6 Å². The average Bonchev–Trinajstić information content (AvgIpc) is 2.85. The molecule has 6 heteroatoms. The van der Waals surface area contributed by atoms with Crippen molar-refractivity contribution in [1.29, 1.82) is 5.26 Å². The van der Waals surface area contributed by atoms with Gasteiger partial charge in [-0.15, -0.1) is 0 Å². The van der Waals surface area contributed by atoms with Crippen LogP contribution in [0.3, 0.4) is 0 Å². The molecule has 0 aliphatic heterocycles. The molecule has 0 aliphatic carbocycles. The van der Waals surface area contributed by atoms with E-state index >= 15 is 0 Å². The van der Waals surface area contributed by atoms with Gasteiger partial charge in [-0.05, 0) is 42.8 Å². The second kappa shape index (κ2) is 6.86. The van der Waals surface area contributed by atoms with Gasteiger partial charge in [0.2, 0.25) is 0 Å². The van der Waals surface area contributed by atoms with Gasteiger partial charge in [-0.1, -0.05) is 46.9 Å². The van der Waals surface area contributed by atoms with Crippen molar-refractivity contribution in [2.24, 2.45) is 0 Å². The highest BCUT2D eigenvalue weighted by molar-refractivity contribution is 6.35. The molecule has 3 aromatic rings. The highest BCUT2D eigenvalue weighted by Crippen LogP contribution is 2.33. The number of nitrogens with zero attached hydrogens (tertiary/aromatic N) is 3. The fourth-order valence-corrected chi connectivity index (χ4v) is 3.17. The van der Waals surface area contributed by atoms with Crippen molar-refractivity contribution in [3.8, 4) is 23.0 Å². The number of hydrogen-bond acceptors (Lipinski definition) is 2. The zero-order valence-corrected chi connectivity index (χ0v) is 15.0. The Bertz CT molecular complexity index is 937. The minimum atomic E-state index is 0.227. The number of aromatic nitrogens is 2. The van der Waals surface area contributed by atoms with Crippen LogP contribution >= 0.6 is 34.8 Å².